The summed E-state index contributed by atoms with van der Waals surface area (Å²) in [5.41, 5.74) is -0.856. The van der Waals surface area contributed by atoms with E-state index in [2.05, 4.69) is 13.8 Å². The first-order valence-electron chi connectivity index (χ1n) is 8.43. The normalized spacial score (nSPS) is 25.9. The van der Waals surface area contributed by atoms with Gasteiger partial charge in [0.25, 0.3) is 0 Å². The van der Waals surface area contributed by atoms with Gasteiger partial charge in [-0.1, -0.05) is 13.8 Å². The minimum atomic E-state index is -1.03. The van der Waals surface area contributed by atoms with Crippen molar-refractivity contribution in [3.8, 4) is 0 Å². The average Bonchev–Trinajstić information content (AvgIpc) is 2.94. The highest BCUT2D eigenvalue weighted by Gasteiger charge is 2.39. The zero-order valence-electron chi connectivity index (χ0n) is 15.0. The SMILES string of the molecule is CC(C)(C[C@@H]1CCOC1=O)[N+](=O)[O-].CC1(C)CC(=O)[C@@H](CCO)C1. The monoisotopic (exact) mass is 343 g/mol. The van der Waals surface area contributed by atoms with E-state index in [1.165, 1.54) is 13.8 Å². The second-order valence-corrected chi connectivity index (χ2v) is 8.15. The molecular formula is C17H29NO6. The largest absolute Gasteiger partial charge is 0.465 e. The van der Waals surface area contributed by atoms with E-state index in [-0.39, 0.29) is 41.2 Å². The predicted octanol–water partition coefficient (Wildman–Crippen LogP) is 2.37. The van der Waals surface area contributed by atoms with E-state index in [1.807, 2.05) is 0 Å². The van der Waals surface area contributed by atoms with Crippen LogP contribution in [0.25, 0.3) is 0 Å². The molecule has 24 heavy (non-hydrogen) atoms. The topological polar surface area (TPSA) is 107 Å². The number of carbonyl (C=O) groups is 2. The maximum Gasteiger partial charge on any atom is 0.309 e. The van der Waals surface area contributed by atoms with Crippen LogP contribution in [0.5, 0.6) is 0 Å². The molecule has 1 N–H and O–H groups in total. The van der Waals surface area contributed by atoms with Gasteiger partial charge in [0.2, 0.25) is 5.54 Å². The van der Waals surface area contributed by atoms with Gasteiger partial charge in [-0.3, -0.25) is 19.7 Å². The number of carbonyl (C=O) groups excluding carboxylic acids is 2. The maximum absolute atomic E-state index is 11.3. The molecule has 0 aromatic heterocycles. The number of ketones is 1. The van der Waals surface area contributed by atoms with Gasteiger partial charge in [0, 0.05) is 44.1 Å². The molecule has 1 aliphatic heterocycles. The zero-order chi connectivity index (χ0) is 18.5. The van der Waals surface area contributed by atoms with Crippen LogP contribution in [-0.4, -0.2) is 40.5 Å². The molecule has 2 atom stereocenters. The van der Waals surface area contributed by atoms with Crippen LogP contribution in [0.2, 0.25) is 0 Å². The van der Waals surface area contributed by atoms with E-state index in [0.29, 0.717) is 31.7 Å². The molecule has 1 aliphatic carbocycles. The van der Waals surface area contributed by atoms with Gasteiger partial charge < -0.3 is 9.84 Å². The van der Waals surface area contributed by atoms with Crippen LogP contribution in [0.1, 0.15) is 59.8 Å². The standard InChI is InChI=1S/C9H16O2.C8H13NO4/c1-9(2)5-7(3-4-10)8(11)6-9;1-8(2,9(11)12)5-6-3-4-13-7(6)10/h7,10H,3-6H2,1-2H3;6H,3-5H2,1-2H3/t7-;6-/m00/s1. The molecule has 7 heteroatoms. The van der Waals surface area contributed by atoms with E-state index in [0.717, 1.165) is 6.42 Å². The quantitative estimate of drug-likeness (QED) is 0.466. The lowest BCUT2D eigenvalue weighted by Crippen LogP contribution is -2.34. The van der Waals surface area contributed by atoms with Crippen molar-refractivity contribution in [2.75, 3.05) is 13.2 Å². The third-order valence-corrected chi connectivity index (χ3v) is 4.67. The minimum Gasteiger partial charge on any atom is -0.465 e. The van der Waals surface area contributed by atoms with Crippen molar-refractivity contribution in [1.82, 2.24) is 0 Å². The summed E-state index contributed by atoms with van der Waals surface area (Å²) in [7, 11) is 0. The molecule has 0 radical (unpaired) electrons. The molecule has 0 aromatic rings. The van der Waals surface area contributed by atoms with Crippen molar-refractivity contribution < 1.29 is 24.4 Å². The van der Waals surface area contributed by atoms with Gasteiger partial charge in [-0.2, -0.15) is 0 Å². The smallest absolute Gasteiger partial charge is 0.309 e. The fourth-order valence-electron chi connectivity index (χ4n) is 3.29. The predicted molar refractivity (Wildman–Crippen MR) is 88.0 cm³/mol. The number of Topliss-reactive ketones (excluding diaryl/α,β-unsaturated/α-hetero) is 1. The summed E-state index contributed by atoms with van der Waals surface area (Å²) in [6.45, 7) is 7.82. The number of ether oxygens (including phenoxy) is 1. The summed E-state index contributed by atoms with van der Waals surface area (Å²) >= 11 is 0. The Morgan fingerprint density at radius 3 is 2.33 bits per heavy atom. The van der Waals surface area contributed by atoms with Crippen molar-refractivity contribution >= 4 is 11.8 Å². The highest BCUT2D eigenvalue weighted by atomic mass is 16.6. The van der Waals surface area contributed by atoms with E-state index >= 15 is 0 Å². The molecule has 2 rings (SSSR count). The Hall–Kier alpha value is -1.50. The summed E-state index contributed by atoms with van der Waals surface area (Å²) in [5, 5.41) is 19.2. The molecular weight excluding hydrogens is 314 g/mol. The number of aliphatic hydroxyl groups excluding tert-OH is 1. The molecule has 0 aromatic carbocycles. The average molecular weight is 343 g/mol. The van der Waals surface area contributed by atoms with Crippen molar-refractivity contribution in [3.63, 3.8) is 0 Å². The summed E-state index contributed by atoms with van der Waals surface area (Å²) in [5.74, 6) is -0.116. The fraction of sp³-hybridized carbons (Fsp3) is 0.882. The first-order chi connectivity index (χ1) is 11.0. The number of esters is 1. The van der Waals surface area contributed by atoms with Gasteiger partial charge in [0.15, 0.2) is 0 Å². The number of aliphatic hydroxyl groups is 1. The molecule has 0 bridgehead atoms. The Morgan fingerprint density at radius 2 is 1.96 bits per heavy atom. The Balaban J connectivity index is 0.000000243. The molecule has 7 nitrogen and oxygen atoms in total. The van der Waals surface area contributed by atoms with Crippen molar-refractivity contribution in [2.45, 2.75) is 65.3 Å². The second-order valence-electron chi connectivity index (χ2n) is 8.15. The molecule has 0 amide bonds. The van der Waals surface area contributed by atoms with Crippen molar-refractivity contribution in [1.29, 1.82) is 0 Å². The number of cyclic esters (lactones) is 1. The van der Waals surface area contributed by atoms with Gasteiger partial charge in [0.05, 0.1) is 12.5 Å². The Bertz CT molecular complexity index is 485. The second kappa shape index (κ2) is 8.05. The Morgan fingerprint density at radius 1 is 1.33 bits per heavy atom. The Kier molecular flexibility index (Phi) is 6.89. The lowest BCUT2D eigenvalue weighted by molar-refractivity contribution is -0.562. The van der Waals surface area contributed by atoms with E-state index in [9.17, 15) is 19.7 Å². The highest BCUT2D eigenvalue weighted by molar-refractivity contribution is 5.83. The van der Waals surface area contributed by atoms with Gasteiger partial charge in [-0.15, -0.1) is 0 Å². The van der Waals surface area contributed by atoms with Gasteiger partial charge >= 0.3 is 5.97 Å². The molecule has 2 aliphatic rings. The third-order valence-electron chi connectivity index (χ3n) is 4.67. The molecule has 138 valence electrons. The van der Waals surface area contributed by atoms with E-state index in [1.54, 1.807) is 0 Å². The van der Waals surface area contributed by atoms with Crippen LogP contribution >= 0.6 is 0 Å². The summed E-state index contributed by atoms with van der Waals surface area (Å²) in [4.78, 5) is 32.5. The number of hydrogen-bond donors (Lipinski definition) is 1. The Labute approximate surface area is 142 Å². The lowest BCUT2D eigenvalue weighted by atomic mass is 9.90. The zero-order valence-corrected chi connectivity index (χ0v) is 15.0. The number of rotatable bonds is 5. The van der Waals surface area contributed by atoms with Crippen LogP contribution in [0.15, 0.2) is 0 Å². The highest BCUT2D eigenvalue weighted by Crippen LogP contribution is 2.39. The molecule has 0 unspecified atom stereocenters. The molecule has 2 fully saturated rings. The first-order valence-corrected chi connectivity index (χ1v) is 8.43. The number of nitrogens with zero attached hydrogens (tertiary/aromatic N) is 1. The fourth-order valence-corrected chi connectivity index (χ4v) is 3.29. The summed E-state index contributed by atoms with van der Waals surface area (Å²) < 4.78 is 4.73. The van der Waals surface area contributed by atoms with E-state index < -0.39 is 5.54 Å². The molecule has 1 saturated heterocycles. The summed E-state index contributed by atoms with van der Waals surface area (Å²) in [6, 6.07) is 0. The van der Waals surface area contributed by atoms with Crippen molar-refractivity contribution in [2.24, 2.45) is 17.3 Å². The van der Waals surface area contributed by atoms with Crippen LogP contribution in [0, 0.1) is 27.4 Å². The maximum atomic E-state index is 11.3. The summed E-state index contributed by atoms with van der Waals surface area (Å²) in [6.07, 6.45) is 3.17. The number of nitro groups is 1. The lowest BCUT2D eigenvalue weighted by Gasteiger charge is -2.17. The van der Waals surface area contributed by atoms with Crippen LogP contribution in [0.3, 0.4) is 0 Å². The van der Waals surface area contributed by atoms with Crippen LogP contribution in [0.4, 0.5) is 0 Å². The minimum absolute atomic E-state index is 0.134. The molecule has 0 spiro atoms. The van der Waals surface area contributed by atoms with Gasteiger partial charge in [0.1, 0.15) is 5.78 Å². The van der Waals surface area contributed by atoms with Crippen molar-refractivity contribution in [3.05, 3.63) is 10.1 Å². The van der Waals surface area contributed by atoms with Gasteiger partial charge in [-0.05, 0) is 24.7 Å². The van der Waals surface area contributed by atoms with Crippen LogP contribution < -0.4 is 0 Å². The van der Waals surface area contributed by atoms with Crippen LogP contribution in [-0.2, 0) is 14.3 Å². The molecule has 1 saturated carbocycles. The van der Waals surface area contributed by atoms with Gasteiger partial charge in [-0.25, -0.2) is 0 Å². The number of hydrogen-bond acceptors (Lipinski definition) is 6. The van der Waals surface area contributed by atoms with E-state index in [4.69, 9.17) is 9.84 Å². The third kappa shape index (κ3) is 5.85. The first kappa shape index (κ1) is 20.5. The molecule has 1 heterocycles.